The van der Waals surface area contributed by atoms with E-state index in [-0.39, 0.29) is 10.9 Å². The summed E-state index contributed by atoms with van der Waals surface area (Å²) in [7, 11) is 3.17. The molecule has 0 unspecified atom stereocenters. The van der Waals surface area contributed by atoms with E-state index in [1.807, 2.05) is 6.07 Å². The zero-order valence-corrected chi connectivity index (χ0v) is 15.7. The summed E-state index contributed by atoms with van der Waals surface area (Å²) in [5, 5.41) is 1.41. The van der Waals surface area contributed by atoms with Crippen LogP contribution in [0.15, 0.2) is 24.4 Å². The first-order chi connectivity index (χ1) is 12.1. The van der Waals surface area contributed by atoms with Gasteiger partial charge in [0.05, 0.1) is 17.7 Å². The summed E-state index contributed by atoms with van der Waals surface area (Å²) in [6, 6.07) is 4.16. The van der Waals surface area contributed by atoms with Gasteiger partial charge in [0.1, 0.15) is 5.02 Å². The number of aryl methyl sites for hydroxylation is 2. The number of ether oxygens (including phenoxy) is 1. The Bertz CT molecular complexity index is 996. The molecule has 0 saturated carbocycles. The van der Waals surface area contributed by atoms with Crippen LogP contribution in [-0.4, -0.2) is 16.7 Å². The maximum atomic E-state index is 13.1. The number of rotatable bonds is 3. The van der Waals surface area contributed by atoms with Gasteiger partial charge in [-0.05, 0) is 30.7 Å². The molecule has 3 nitrogen and oxygen atoms in total. The Balaban J connectivity index is 2.13. The minimum absolute atomic E-state index is 0.250. The number of hydrogen-bond acceptors (Lipinski definition) is 2. The lowest BCUT2D eigenvalue weighted by atomic mass is 10.1. The zero-order valence-electron chi connectivity index (χ0n) is 14.2. The Morgan fingerprint density at radius 3 is 2.50 bits per heavy atom. The molecule has 0 N–H and O–H groups in total. The summed E-state index contributed by atoms with van der Waals surface area (Å²) < 4.78 is 46.1. The highest BCUT2D eigenvalue weighted by Gasteiger charge is 2.31. The Morgan fingerprint density at radius 2 is 1.88 bits per heavy atom. The van der Waals surface area contributed by atoms with Crippen LogP contribution in [0.25, 0.3) is 10.9 Å². The van der Waals surface area contributed by atoms with Crippen molar-refractivity contribution in [3.8, 4) is 5.88 Å². The lowest BCUT2D eigenvalue weighted by Gasteiger charge is -2.11. The van der Waals surface area contributed by atoms with Gasteiger partial charge in [0.25, 0.3) is 0 Å². The normalized spacial score (nSPS) is 12.0. The predicted molar refractivity (Wildman–Crippen MR) is 96.3 cm³/mol. The first-order valence-corrected chi connectivity index (χ1v) is 8.42. The number of hydrogen-bond donors (Lipinski definition) is 0. The number of benzene rings is 1. The molecule has 2 heterocycles. The lowest BCUT2D eigenvalue weighted by Crippen LogP contribution is -2.06. The highest BCUT2D eigenvalue weighted by atomic mass is 35.5. The van der Waals surface area contributed by atoms with E-state index < -0.39 is 11.7 Å². The molecule has 1 aromatic carbocycles. The topological polar surface area (TPSA) is 27.1 Å². The third-order valence-corrected chi connectivity index (χ3v) is 5.10. The van der Waals surface area contributed by atoms with Crippen molar-refractivity contribution in [3.05, 3.63) is 56.8 Å². The van der Waals surface area contributed by atoms with Crippen LogP contribution in [0, 0.1) is 6.92 Å². The molecule has 2 aromatic heterocycles. The van der Waals surface area contributed by atoms with E-state index in [0.29, 0.717) is 28.1 Å². The van der Waals surface area contributed by atoms with E-state index in [1.165, 1.54) is 13.3 Å². The smallest absolute Gasteiger partial charge is 0.416 e. The summed E-state index contributed by atoms with van der Waals surface area (Å²) >= 11 is 12.5. The van der Waals surface area contributed by atoms with Crippen molar-refractivity contribution in [2.75, 3.05) is 7.11 Å². The second kappa shape index (κ2) is 6.67. The summed E-state index contributed by atoms with van der Waals surface area (Å²) in [6.07, 6.45) is -2.62. The quantitative estimate of drug-likeness (QED) is 0.552. The van der Waals surface area contributed by atoms with Crippen LogP contribution in [-0.2, 0) is 19.6 Å². The molecule has 26 heavy (non-hydrogen) atoms. The summed E-state index contributed by atoms with van der Waals surface area (Å²) in [6.45, 7) is 1.66. The van der Waals surface area contributed by atoms with Crippen molar-refractivity contribution in [2.24, 2.45) is 7.05 Å². The van der Waals surface area contributed by atoms with E-state index in [2.05, 4.69) is 4.98 Å². The predicted octanol–water partition coefficient (Wildman–Crippen LogP) is 5.81. The molecule has 0 spiro atoms. The van der Waals surface area contributed by atoms with E-state index >= 15 is 0 Å². The molecule has 0 saturated heterocycles. The lowest BCUT2D eigenvalue weighted by molar-refractivity contribution is -0.137. The molecular formula is C18H15Cl2F3N2O. The van der Waals surface area contributed by atoms with E-state index in [9.17, 15) is 13.2 Å². The van der Waals surface area contributed by atoms with Crippen LogP contribution in [0.5, 0.6) is 5.88 Å². The van der Waals surface area contributed by atoms with Gasteiger partial charge in [0.15, 0.2) is 0 Å². The van der Waals surface area contributed by atoms with Gasteiger partial charge in [0, 0.05) is 41.8 Å². The van der Waals surface area contributed by atoms with Crippen LogP contribution in [0.3, 0.4) is 0 Å². The molecule has 0 atom stereocenters. The van der Waals surface area contributed by atoms with Gasteiger partial charge in [-0.25, -0.2) is 4.98 Å². The van der Waals surface area contributed by atoms with Gasteiger partial charge in [-0.2, -0.15) is 13.2 Å². The number of halogens is 5. The maximum Gasteiger partial charge on any atom is 0.416 e. The standard InChI is InChI=1S/C18H15Cl2F3N2O/c1-9-4-10(18(21,22)23)5-15-12(9)6-11(25(15)2)7-13-14(19)8-24-17(26-3)16(13)20/h4-6,8H,7H2,1-3H3. The molecule has 0 fully saturated rings. The fraction of sp³-hybridized carbons (Fsp3) is 0.278. The molecule has 0 amide bonds. The first-order valence-electron chi connectivity index (χ1n) is 7.66. The summed E-state index contributed by atoms with van der Waals surface area (Å²) in [4.78, 5) is 4.00. The van der Waals surface area contributed by atoms with Crippen LogP contribution < -0.4 is 4.74 Å². The first kappa shape index (κ1) is 18.9. The minimum Gasteiger partial charge on any atom is -0.480 e. The molecule has 0 aliphatic carbocycles. The number of nitrogens with zero attached hydrogens (tertiary/aromatic N) is 2. The van der Waals surface area contributed by atoms with Gasteiger partial charge in [-0.3, -0.25) is 0 Å². The number of methoxy groups -OCH3 is 1. The zero-order chi connectivity index (χ0) is 19.2. The maximum absolute atomic E-state index is 13.1. The van der Waals surface area contributed by atoms with E-state index in [4.69, 9.17) is 27.9 Å². The average Bonchev–Trinajstić information content (AvgIpc) is 2.88. The SMILES string of the molecule is COc1ncc(Cl)c(Cc2cc3c(C)cc(C(F)(F)F)cc3n2C)c1Cl. The Labute approximate surface area is 158 Å². The Kier molecular flexibility index (Phi) is 4.84. The summed E-state index contributed by atoms with van der Waals surface area (Å²) in [5.41, 5.74) is 1.78. The van der Waals surface area contributed by atoms with Crippen molar-refractivity contribution >= 4 is 34.1 Å². The number of aromatic nitrogens is 2. The van der Waals surface area contributed by atoms with Gasteiger partial charge >= 0.3 is 6.18 Å². The number of alkyl halides is 3. The van der Waals surface area contributed by atoms with Crippen LogP contribution in [0.4, 0.5) is 13.2 Å². The van der Waals surface area contributed by atoms with Gasteiger partial charge in [0.2, 0.25) is 5.88 Å². The molecule has 138 valence electrons. The van der Waals surface area contributed by atoms with Crippen molar-refractivity contribution in [1.29, 1.82) is 0 Å². The molecule has 8 heteroatoms. The van der Waals surface area contributed by atoms with Crippen LogP contribution >= 0.6 is 23.2 Å². The third kappa shape index (κ3) is 3.23. The molecular weight excluding hydrogens is 388 g/mol. The average molecular weight is 403 g/mol. The number of pyridine rings is 1. The third-order valence-electron chi connectivity index (χ3n) is 4.38. The molecule has 0 radical (unpaired) electrons. The molecule has 3 rings (SSSR count). The second-order valence-electron chi connectivity index (χ2n) is 6.00. The Morgan fingerprint density at radius 1 is 1.19 bits per heavy atom. The Hall–Kier alpha value is -1.92. The van der Waals surface area contributed by atoms with Crippen molar-refractivity contribution < 1.29 is 17.9 Å². The van der Waals surface area contributed by atoms with Crippen LogP contribution in [0.2, 0.25) is 10.0 Å². The number of fused-ring (bicyclic) bond motifs is 1. The van der Waals surface area contributed by atoms with E-state index in [0.717, 1.165) is 23.2 Å². The fourth-order valence-corrected chi connectivity index (χ4v) is 3.52. The molecule has 0 aliphatic rings. The fourth-order valence-electron chi connectivity index (χ4n) is 2.97. The van der Waals surface area contributed by atoms with Gasteiger partial charge in [-0.1, -0.05) is 23.2 Å². The van der Waals surface area contributed by atoms with E-state index in [1.54, 1.807) is 18.5 Å². The van der Waals surface area contributed by atoms with Crippen molar-refractivity contribution in [2.45, 2.75) is 19.5 Å². The highest BCUT2D eigenvalue weighted by Crippen LogP contribution is 2.36. The monoisotopic (exact) mass is 402 g/mol. The second-order valence-corrected chi connectivity index (χ2v) is 6.79. The highest BCUT2D eigenvalue weighted by molar-refractivity contribution is 6.36. The molecule has 3 aromatic rings. The largest absolute Gasteiger partial charge is 0.480 e. The minimum atomic E-state index is -4.39. The van der Waals surface area contributed by atoms with Gasteiger partial charge in [-0.15, -0.1) is 0 Å². The van der Waals surface area contributed by atoms with Crippen molar-refractivity contribution in [3.63, 3.8) is 0 Å². The summed E-state index contributed by atoms with van der Waals surface area (Å²) in [5.74, 6) is 0.250. The molecule has 0 bridgehead atoms. The van der Waals surface area contributed by atoms with Crippen molar-refractivity contribution in [1.82, 2.24) is 9.55 Å². The van der Waals surface area contributed by atoms with Crippen LogP contribution in [0.1, 0.15) is 22.4 Å². The molecule has 0 aliphatic heterocycles. The van der Waals surface area contributed by atoms with Gasteiger partial charge < -0.3 is 9.30 Å².